The van der Waals surface area contributed by atoms with Crippen molar-refractivity contribution in [2.45, 2.75) is 85.4 Å². The fourth-order valence-electron chi connectivity index (χ4n) is 3.44. The highest BCUT2D eigenvalue weighted by Gasteiger charge is 2.50. The molecule has 1 aliphatic rings. The molecule has 0 aromatic heterocycles. The second kappa shape index (κ2) is 6.80. The number of nitrogens with zero attached hydrogens (tertiary/aromatic N) is 1. The van der Waals surface area contributed by atoms with Crippen molar-refractivity contribution >= 4 is 11.8 Å². The van der Waals surface area contributed by atoms with Gasteiger partial charge in [0.1, 0.15) is 11.6 Å². The summed E-state index contributed by atoms with van der Waals surface area (Å²) in [6.45, 7) is 14.2. The van der Waals surface area contributed by atoms with Gasteiger partial charge in [0.2, 0.25) is 11.8 Å². The van der Waals surface area contributed by atoms with Gasteiger partial charge < -0.3 is 10.2 Å². The molecule has 4 heteroatoms. The van der Waals surface area contributed by atoms with Gasteiger partial charge in [-0.15, -0.1) is 0 Å². The maximum Gasteiger partial charge on any atom is 0.248 e. The molecule has 122 valence electrons. The summed E-state index contributed by atoms with van der Waals surface area (Å²) in [6.07, 6.45) is 2.67. The van der Waals surface area contributed by atoms with Gasteiger partial charge in [0.25, 0.3) is 0 Å². The van der Waals surface area contributed by atoms with E-state index in [9.17, 15) is 9.59 Å². The van der Waals surface area contributed by atoms with E-state index in [0.29, 0.717) is 12.3 Å². The number of rotatable bonds is 6. The highest BCUT2D eigenvalue weighted by atomic mass is 16.2. The molecular weight excluding hydrogens is 264 g/mol. The molecule has 0 radical (unpaired) electrons. The normalized spacial score (nSPS) is 28.2. The summed E-state index contributed by atoms with van der Waals surface area (Å²) < 4.78 is 0. The van der Waals surface area contributed by atoms with Crippen LogP contribution in [0.4, 0.5) is 0 Å². The molecule has 3 unspecified atom stereocenters. The van der Waals surface area contributed by atoms with Gasteiger partial charge in [-0.3, -0.25) is 9.59 Å². The van der Waals surface area contributed by atoms with Crippen molar-refractivity contribution in [3.05, 3.63) is 0 Å². The average Bonchev–Trinajstić information content (AvgIpc) is 2.43. The quantitative estimate of drug-likeness (QED) is 0.819. The van der Waals surface area contributed by atoms with Crippen molar-refractivity contribution in [2.75, 3.05) is 0 Å². The van der Waals surface area contributed by atoms with Crippen molar-refractivity contribution in [3.8, 4) is 0 Å². The molecule has 0 bridgehead atoms. The van der Waals surface area contributed by atoms with Crippen LogP contribution in [0.1, 0.15) is 67.7 Å². The van der Waals surface area contributed by atoms with Crippen molar-refractivity contribution in [1.82, 2.24) is 10.2 Å². The van der Waals surface area contributed by atoms with Gasteiger partial charge in [-0.25, -0.2) is 0 Å². The molecule has 1 heterocycles. The Balaban J connectivity index is 3.23. The third-order valence-corrected chi connectivity index (χ3v) is 5.18. The van der Waals surface area contributed by atoms with E-state index >= 15 is 0 Å². The highest BCUT2D eigenvalue weighted by Crippen LogP contribution is 2.30. The van der Waals surface area contributed by atoms with Gasteiger partial charge in [0.15, 0.2) is 0 Å². The van der Waals surface area contributed by atoms with Crippen molar-refractivity contribution in [1.29, 1.82) is 0 Å². The van der Waals surface area contributed by atoms with E-state index in [1.54, 1.807) is 0 Å². The van der Waals surface area contributed by atoms with Crippen LogP contribution in [0, 0.1) is 11.8 Å². The summed E-state index contributed by atoms with van der Waals surface area (Å²) in [6, 6.07) is -0.260. The Morgan fingerprint density at radius 1 is 1.14 bits per heavy atom. The molecule has 1 fully saturated rings. The van der Waals surface area contributed by atoms with Crippen LogP contribution in [0.15, 0.2) is 0 Å². The van der Waals surface area contributed by atoms with Crippen LogP contribution in [-0.4, -0.2) is 34.3 Å². The third kappa shape index (κ3) is 3.24. The van der Waals surface area contributed by atoms with E-state index in [1.165, 1.54) is 0 Å². The molecule has 2 amide bonds. The predicted octanol–water partition coefficient (Wildman–Crippen LogP) is 2.96. The summed E-state index contributed by atoms with van der Waals surface area (Å²) in [7, 11) is 0. The summed E-state index contributed by atoms with van der Waals surface area (Å²) in [5, 5.41) is 2.95. The Morgan fingerprint density at radius 3 is 2.05 bits per heavy atom. The number of hydrogen-bond donors (Lipinski definition) is 1. The molecule has 21 heavy (non-hydrogen) atoms. The molecule has 0 aliphatic carbocycles. The minimum atomic E-state index is -0.761. The van der Waals surface area contributed by atoms with E-state index in [-0.39, 0.29) is 29.8 Å². The number of carbonyl (C=O) groups is 2. The topological polar surface area (TPSA) is 49.4 Å². The van der Waals surface area contributed by atoms with E-state index in [2.05, 4.69) is 26.1 Å². The van der Waals surface area contributed by atoms with Crippen molar-refractivity contribution in [3.63, 3.8) is 0 Å². The number of amides is 2. The zero-order valence-electron chi connectivity index (χ0n) is 14.7. The van der Waals surface area contributed by atoms with Crippen LogP contribution in [0.3, 0.4) is 0 Å². The van der Waals surface area contributed by atoms with E-state index in [0.717, 1.165) is 12.8 Å². The Labute approximate surface area is 129 Å². The van der Waals surface area contributed by atoms with Gasteiger partial charge in [-0.1, -0.05) is 47.5 Å². The second-order valence-corrected chi connectivity index (χ2v) is 6.89. The van der Waals surface area contributed by atoms with Crippen molar-refractivity contribution < 1.29 is 9.59 Å². The molecule has 1 saturated heterocycles. The molecule has 1 N–H and O–H groups in total. The summed E-state index contributed by atoms with van der Waals surface area (Å²) in [4.78, 5) is 27.5. The van der Waals surface area contributed by atoms with Gasteiger partial charge >= 0.3 is 0 Å². The standard InChI is InChI=1S/C17H32N2O2/c1-8-13(9-2)12(6)19-14(11(4)5)15(20)18-17(7,10-3)16(19)21/h11-14H,8-10H2,1-7H3,(H,18,20). The van der Waals surface area contributed by atoms with Crippen LogP contribution in [0.25, 0.3) is 0 Å². The fraction of sp³-hybridized carbons (Fsp3) is 0.882. The van der Waals surface area contributed by atoms with Crippen LogP contribution in [0.5, 0.6) is 0 Å². The van der Waals surface area contributed by atoms with Crippen LogP contribution in [-0.2, 0) is 9.59 Å². The van der Waals surface area contributed by atoms with E-state index in [1.807, 2.05) is 32.6 Å². The number of carbonyl (C=O) groups excluding carboxylic acids is 2. The molecule has 4 nitrogen and oxygen atoms in total. The second-order valence-electron chi connectivity index (χ2n) is 6.89. The van der Waals surface area contributed by atoms with Gasteiger partial charge in [-0.05, 0) is 32.1 Å². The Bertz CT molecular complexity index is 390. The molecule has 0 saturated carbocycles. The maximum atomic E-state index is 13.0. The molecule has 0 aromatic rings. The first-order chi connectivity index (χ1) is 9.73. The maximum absolute atomic E-state index is 13.0. The zero-order valence-corrected chi connectivity index (χ0v) is 14.7. The van der Waals surface area contributed by atoms with Gasteiger partial charge in [0, 0.05) is 6.04 Å². The fourth-order valence-corrected chi connectivity index (χ4v) is 3.44. The monoisotopic (exact) mass is 296 g/mol. The average molecular weight is 296 g/mol. The lowest BCUT2D eigenvalue weighted by Gasteiger charge is -2.49. The van der Waals surface area contributed by atoms with Gasteiger partial charge in [0.05, 0.1) is 0 Å². The van der Waals surface area contributed by atoms with Crippen LogP contribution in [0.2, 0.25) is 0 Å². The molecule has 0 aromatic carbocycles. The lowest BCUT2D eigenvalue weighted by Crippen LogP contribution is -2.72. The Hall–Kier alpha value is -1.06. The minimum Gasteiger partial charge on any atom is -0.340 e. The lowest BCUT2D eigenvalue weighted by atomic mass is 9.84. The molecule has 3 atom stereocenters. The van der Waals surface area contributed by atoms with Crippen LogP contribution >= 0.6 is 0 Å². The van der Waals surface area contributed by atoms with Crippen LogP contribution < -0.4 is 5.32 Å². The smallest absolute Gasteiger partial charge is 0.248 e. The highest BCUT2D eigenvalue weighted by molar-refractivity contribution is 5.99. The summed E-state index contributed by atoms with van der Waals surface area (Å²) in [5.74, 6) is 0.615. The molecule has 1 rings (SSSR count). The third-order valence-electron chi connectivity index (χ3n) is 5.18. The number of piperazine rings is 1. The number of hydrogen-bond acceptors (Lipinski definition) is 2. The summed E-state index contributed by atoms with van der Waals surface area (Å²) in [5.41, 5.74) is -0.761. The summed E-state index contributed by atoms with van der Waals surface area (Å²) >= 11 is 0. The first-order valence-electron chi connectivity index (χ1n) is 8.38. The van der Waals surface area contributed by atoms with E-state index < -0.39 is 5.54 Å². The largest absolute Gasteiger partial charge is 0.340 e. The Morgan fingerprint density at radius 2 is 1.67 bits per heavy atom. The SMILES string of the molecule is CCC(CC)C(C)N1C(=O)C(C)(CC)NC(=O)C1C(C)C. The first-order valence-corrected chi connectivity index (χ1v) is 8.38. The Kier molecular flexibility index (Phi) is 5.83. The number of nitrogens with one attached hydrogen (secondary N) is 1. The zero-order chi connectivity index (χ0) is 16.4. The molecular formula is C17H32N2O2. The van der Waals surface area contributed by atoms with Gasteiger partial charge in [-0.2, -0.15) is 0 Å². The molecule has 1 aliphatic heterocycles. The lowest BCUT2D eigenvalue weighted by molar-refractivity contribution is -0.160. The van der Waals surface area contributed by atoms with E-state index in [4.69, 9.17) is 0 Å². The molecule has 0 spiro atoms. The first kappa shape index (κ1) is 18.0. The van der Waals surface area contributed by atoms with Crippen molar-refractivity contribution in [2.24, 2.45) is 11.8 Å². The predicted molar refractivity (Wildman–Crippen MR) is 85.8 cm³/mol. The minimum absolute atomic E-state index is 0.00763.